The SMILES string of the molecule is COC(=O)C(Cc1cc(OC)ccc1OC)(C(=O)N=[N+]=[N-])C(F)F. The summed E-state index contributed by atoms with van der Waals surface area (Å²) >= 11 is 0. The number of benzene rings is 1. The monoisotopic (exact) mass is 343 g/mol. The van der Waals surface area contributed by atoms with Crippen LogP contribution in [0.3, 0.4) is 0 Å². The third-order valence-electron chi connectivity index (χ3n) is 3.40. The molecule has 0 bridgehead atoms. The number of nitrogens with zero attached hydrogens (tertiary/aromatic N) is 3. The molecule has 0 saturated carbocycles. The van der Waals surface area contributed by atoms with E-state index in [4.69, 9.17) is 15.0 Å². The van der Waals surface area contributed by atoms with Gasteiger partial charge in [-0.05, 0) is 34.4 Å². The maximum absolute atomic E-state index is 13.7. The molecule has 0 saturated heterocycles. The summed E-state index contributed by atoms with van der Waals surface area (Å²) in [6.07, 6.45) is -4.27. The Bertz CT molecular complexity index is 676. The van der Waals surface area contributed by atoms with Crippen molar-refractivity contribution in [3.63, 3.8) is 0 Å². The van der Waals surface area contributed by atoms with Crippen molar-refractivity contribution in [1.29, 1.82) is 0 Å². The second-order valence-electron chi connectivity index (χ2n) is 4.61. The summed E-state index contributed by atoms with van der Waals surface area (Å²) in [5.74, 6) is -2.70. The van der Waals surface area contributed by atoms with E-state index in [2.05, 4.69) is 14.8 Å². The third-order valence-corrected chi connectivity index (χ3v) is 3.40. The predicted octanol–water partition coefficient (Wildman–Crippen LogP) is 2.51. The fraction of sp³-hybridized carbons (Fsp3) is 0.429. The van der Waals surface area contributed by atoms with Crippen LogP contribution in [-0.4, -0.2) is 39.6 Å². The van der Waals surface area contributed by atoms with Crippen LogP contribution >= 0.6 is 0 Å². The van der Waals surface area contributed by atoms with Gasteiger partial charge in [0.2, 0.25) is 5.91 Å². The Kier molecular flexibility index (Phi) is 6.48. The minimum Gasteiger partial charge on any atom is -0.497 e. The van der Waals surface area contributed by atoms with E-state index >= 15 is 0 Å². The number of carbonyl (C=O) groups is 2. The van der Waals surface area contributed by atoms with E-state index in [0.29, 0.717) is 5.75 Å². The van der Waals surface area contributed by atoms with Crippen LogP contribution in [0.15, 0.2) is 23.3 Å². The van der Waals surface area contributed by atoms with Gasteiger partial charge in [0.1, 0.15) is 11.5 Å². The number of rotatable bonds is 7. The van der Waals surface area contributed by atoms with E-state index in [0.717, 1.165) is 7.11 Å². The van der Waals surface area contributed by atoms with Crippen molar-refractivity contribution < 1.29 is 32.6 Å². The summed E-state index contributed by atoms with van der Waals surface area (Å²) in [5.41, 5.74) is 5.48. The predicted molar refractivity (Wildman–Crippen MR) is 77.9 cm³/mol. The molecule has 0 N–H and O–H groups in total. The lowest BCUT2D eigenvalue weighted by Gasteiger charge is -2.27. The van der Waals surface area contributed by atoms with Crippen LogP contribution < -0.4 is 9.47 Å². The van der Waals surface area contributed by atoms with E-state index in [-0.39, 0.29) is 11.3 Å². The summed E-state index contributed by atoms with van der Waals surface area (Å²) in [6.45, 7) is 0. The second kappa shape index (κ2) is 8.11. The van der Waals surface area contributed by atoms with Gasteiger partial charge in [-0.25, -0.2) is 8.78 Å². The molecule has 0 heterocycles. The first-order chi connectivity index (χ1) is 11.4. The van der Waals surface area contributed by atoms with Crippen LogP contribution in [0.5, 0.6) is 11.5 Å². The quantitative estimate of drug-likeness (QED) is 0.248. The molecule has 1 amide bonds. The number of halogens is 2. The molecule has 0 aliphatic rings. The van der Waals surface area contributed by atoms with Crippen LogP contribution in [0, 0.1) is 5.41 Å². The van der Waals surface area contributed by atoms with Gasteiger partial charge in [-0.3, -0.25) is 9.59 Å². The zero-order valence-electron chi connectivity index (χ0n) is 13.2. The molecule has 0 aliphatic heterocycles. The maximum Gasteiger partial charge on any atom is 0.325 e. The molecule has 130 valence electrons. The lowest BCUT2D eigenvalue weighted by atomic mass is 9.80. The van der Waals surface area contributed by atoms with E-state index in [1.54, 1.807) is 0 Å². The molecule has 8 nitrogen and oxygen atoms in total. The lowest BCUT2D eigenvalue weighted by Crippen LogP contribution is -2.47. The summed E-state index contributed by atoms with van der Waals surface area (Å²) in [6, 6.07) is 4.28. The highest BCUT2D eigenvalue weighted by molar-refractivity contribution is 6.04. The number of hydrogen-bond donors (Lipinski definition) is 0. The van der Waals surface area contributed by atoms with Crippen molar-refractivity contribution in [2.75, 3.05) is 21.3 Å². The van der Waals surface area contributed by atoms with Crippen molar-refractivity contribution >= 4 is 11.9 Å². The van der Waals surface area contributed by atoms with Crippen molar-refractivity contribution in [1.82, 2.24) is 0 Å². The fourth-order valence-corrected chi connectivity index (χ4v) is 2.13. The summed E-state index contributed by atoms with van der Waals surface area (Å²) < 4.78 is 41.8. The fourth-order valence-electron chi connectivity index (χ4n) is 2.13. The number of methoxy groups -OCH3 is 3. The Morgan fingerprint density at radius 2 is 1.96 bits per heavy atom. The second-order valence-corrected chi connectivity index (χ2v) is 4.61. The van der Waals surface area contributed by atoms with Crippen molar-refractivity contribution in [2.45, 2.75) is 12.8 Å². The Balaban J connectivity index is 3.54. The largest absolute Gasteiger partial charge is 0.497 e. The van der Waals surface area contributed by atoms with Gasteiger partial charge in [0.05, 0.1) is 21.3 Å². The number of azide groups is 1. The molecule has 1 unspecified atom stereocenters. The van der Waals surface area contributed by atoms with Gasteiger partial charge in [0, 0.05) is 11.3 Å². The molecule has 0 spiro atoms. The molecular formula is C14H15F2N3O5. The minimum absolute atomic E-state index is 0.0871. The van der Waals surface area contributed by atoms with Crippen molar-refractivity contribution in [3.8, 4) is 11.5 Å². The number of hydrogen-bond acceptors (Lipinski definition) is 5. The molecule has 24 heavy (non-hydrogen) atoms. The highest BCUT2D eigenvalue weighted by Crippen LogP contribution is 2.37. The minimum atomic E-state index is -3.47. The zero-order valence-corrected chi connectivity index (χ0v) is 13.2. The average Bonchev–Trinajstić information content (AvgIpc) is 2.58. The Labute approximate surface area is 135 Å². The first kappa shape index (κ1) is 19.2. The number of alkyl halides is 2. The number of amides is 1. The van der Waals surface area contributed by atoms with Gasteiger partial charge in [0.25, 0.3) is 6.43 Å². The summed E-state index contributed by atoms with van der Waals surface area (Å²) in [5, 5.41) is 2.67. The Hall–Kier alpha value is -2.87. The van der Waals surface area contributed by atoms with Gasteiger partial charge in [-0.2, -0.15) is 0 Å². The van der Waals surface area contributed by atoms with Gasteiger partial charge >= 0.3 is 5.97 Å². The number of esters is 1. The number of ether oxygens (including phenoxy) is 3. The first-order valence-corrected chi connectivity index (χ1v) is 6.54. The molecule has 1 aromatic carbocycles. The van der Waals surface area contributed by atoms with E-state index in [1.807, 2.05) is 0 Å². The van der Waals surface area contributed by atoms with Gasteiger partial charge in [0.15, 0.2) is 5.41 Å². The maximum atomic E-state index is 13.7. The normalized spacial score (nSPS) is 12.8. The average molecular weight is 343 g/mol. The van der Waals surface area contributed by atoms with Crippen LogP contribution in [-0.2, 0) is 20.7 Å². The molecule has 0 aromatic heterocycles. The van der Waals surface area contributed by atoms with E-state index in [1.165, 1.54) is 32.4 Å². The molecule has 10 heteroatoms. The topological polar surface area (TPSA) is 111 Å². The number of carbonyl (C=O) groups excluding carboxylic acids is 2. The third kappa shape index (κ3) is 3.54. The molecule has 0 radical (unpaired) electrons. The van der Waals surface area contributed by atoms with Gasteiger partial charge < -0.3 is 14.2 Å². The van der Waals surface area contributed by atoms with Crippen LogP contribution in [0.25, 0.3) is 10.4 Å². The smallest absolute Gasteiger partial charge is 0.325 e. The van der Waals surface area contributed by atoms with Gasteiger partial charge in [-0.1, -0.05) is 0 Å². The lowest BCUT2D eigenvalue weighted by molar-refractivity contribution is -0.168. The molecule has 1 atom stereocenters. The van der Waals surface area contributed by atoms with E-state index < -0.39 is 30.1 Å². The standard InChI is InChI=1S/C14H15F2N3O5/c1-22-9-4-5-10(23-2)8(6-9)7-14(11(15)16,13(21)24-3)12(20)18-19-17/h4-6,11H,7H2,1-3H3. The molecule has 1 rings (SSSR count). The van der Waals surface area contributed by atoms with Gasteiger partial charge in [-0.15, -0.1) is 0 Å². The Morgan fingerprint density at radius 3 is 2.42 bits per heavy atom. The zero-order chi connectivity index (χ0) is 18.3. The van der Waals surface area contributed by atoms with Crippen LogP contribution in [0.4, 0.5) is 8.78 Å². The molecule has 1 aromatic rings. The Morgan fingerprint density at radius 1 is 1.29 bits per heavy atom. The van der Waals surface area contributed by atoms with Crippen molar-refractivity contribution in [3.05, 3.63) is 34.2 Å². The highest BCUT2D eigenvalue weighted by atomic mass is 19.3. The van der Waals surface area contributed by atoms with Crippen molar-refractivity contribution in [2.24, 2.45) is 10.5 Å². The van der Waals surface area contributed by atoms with E-state index in [9.17, 15) is 18.4 Å². The van der Waals surface area contributed by atoms with Crippen LogP contribution in [0.2, 0.25) is 0 Å². The molecule has 0 fully saturated rings. The first-order valence-electron chi connectivity index (χ1n) is 6.54. The summed E-state index contributed by atoms with van der Waals surface area (Å²) in [7, 11) is 3.51. The summed E-state index contributed by atoms with van der Waals surface area (Å²) in [4.78, 5) is 26.2. The molecule has 0 aliphatic carbocycles. The van der Waals surface area contributed by atoms with Crippen LogP contribution in [0.1, 0.15) is 5.56 Å². The molecular weight excluding hydrogens is 328 g/mol. The highest BCUT2D eigenvalue weighted by Gasteiger charge is 2.55.